The number of aliphatic hydroxyl groups is 1. The molecule has 3 nitrogen and oxygen atoms in total. The molecule has 1 aliphatic carbocycles. The molecule has 3 saturated heterocycles. The summed E-state index contributed by atoms with van der Waals surface area (Å²) < 4.78 is 6.84. The highest BCUT2D eigenvalue weighted by Crippen LogP contribution is 2.45. The molecule has 2 unspecified atom stereocenters. The molecule has 23 heavy (non-hydrogen) atoms. The van der Waals surface area contributed by atoms with E-state index < -0.39 is 5.60 Å². The summed E-state index contributed by atoms with van der Waals surface area (Å²) in [6.07, 6.45) is 7.68. The monoisotopic (exact) mass is 315 g/mol. The minimum atomic E-state index is -0.499. The van der Waals surface area contributed by atoms with Crippen molar-refractivity contribution in [1.82, 2.24) is 4.90 Å². The van der Waals surface area contributed by atoms with E-state index in [4.69, 9.17) is 4.74 Å². The maximum atomic E-state index is 10.5. The number of rotatable bonds is 5. The van der Waals surface area contributed by atoms with E-state index >= 15 is 0 Å². The highest BCUT2D eigenvalue weighted by atomic mass is 16.5. The summed E-state index contributed by atoms with van der Waals surface area (Å²) >= 11 is 0. The van der Waals surface area contributed by atoms with Crippen molar-refractivity contribution in [1.29, 1.82) is 0 Å². The molecule has 0 aromatic heterocycles. The van der Waals surface area contributed by atoms with E-state index in [1.807, 2.05) is 0 Å². The molecule has 0 radical (unpaired) electrons. The van der Waals surface area contributed by atoms with Gasteiger partial charge in [0.05, 0.1) is 12.7 Å². The Hall–Kier alpha value is -0.900. The van der Waals surface area contributed by atoms with Gasteiger partial charge in [0.25, 0.3) is 0 Å². The van der Waals surface area contributed by atoms with Crippen LogP contribution in [0.1, 0.15) is 44.1 Å². The first-order valence-corrected chi connectivity index (χ1v) is 9.38. The number of nitrogens with zero attached hydrogens (tertiary/aromatic N) is 1. The second-order valence-corrected chi connectivity index (χ2v) is 7.69. The summed E-state index contributed by atoms with van der Waals surface area (Å²) in [4.78, 5) is 2.53. The lowest BCUT2D eigenvalue weighted by Crippen LogP contribution is -2.55. The number of hydrogen-bond acceptors (Lipinski definition) is 3. The predicted molar refractivity (Wildman–Crippen MR) is 91.2 cm³/mol. The average Bonchev–Trinajstić information content (AvgIpc) is 3.17. The Morgan fingerprint density at radius 2 is 1.74 bits per heavy atom. The van der Waals surface area contributed by atoms with Crippen LogP contribution in [0.2, 0.25) is 0 Å². The zero-order valence-electron chi connectivity index (χ0n) is 14.0. The molecule has 0 spiro atoms. The Labute approximate surface area is 139 Å². The van der Waals surface area contributed by atoms with E-state index in [2.05, 4.69) is 35.2 Å². The molecule has 5 rings (SSSR count). The Bertz CT molecular complexity index is 506. The summed E-state index contributed by atoms with van der Waals surface area (Å²) in [5.41, 5.74) is 0.673. The van der Waals surface area contributed by atoms with Gasteiger partial charge in [0, 0.05) is 6.54 Å². The van der Waals surface area contributed by atoms with Crippen molar-refractivity contribution in [2.24, 2.45) is 11.8 Å². The van der Waals surface area contributed by atoms with Crippen LogP contribution in [0.25, 0.3) is 0 Å². The standard InChI is InChI=1S/C20H29NO2/c22-15-20(18-8-4-5-9-18,17-6-2-1-3-7-17)23-19-14-21-12-10-16(19)11-13-21/h1-3,6-7,16,18-19,22H,4-5,8-15H2. The Balaban J connectivity index is 1.64. The van der Waals surface area contributed by atoms with Gasteiger partial charge in [0.15, 0.2) is 0 Å². The first kappa shape index (κ1) is 15.6. The molecule has 1 aromatic carbocycles. The van der Waals surface area contributed by atoms with Crippen molar-refractivity contribution in [2.75, 3.05) is 26.2 Å². The maximum Gasteiger partial charge on any atom is 0.119 e. The fourth-order valence-corrected chi connectivity index (χ4v) is 5.08. The molecule has 0 amide bonds. The van der Waals surface area contributed by atoms with Crippen LogP contribution in [-0.2, 0) is 10.3 Å². The van der Waals surface area contributed by atoms with E-state index in [1.165, 1.54) is 57.2 Å². The SMILES string of the molecule is OCC(OC1CN2CCC1CC2)(c1ccccc1)C1CCCC1. The molecule has 1 aromatic rings. The average molecular weight is 315 g/mol. The van der Waals surface area contributed by atoms with Crippen LogP contribution in [0, 0.1) is 11.8 Å². The minimum absolute atomic E-state index is 0.102. The Morgan fingerprint density at radius 1 is 1.04 bits per heavy atom. The van der Waals surface area contributed by atoms with Crippen molar-refractivity contribution < 1.29 is 9.84 Å². The molecule has 3 aliphatic heterocycles. The molecule has 4 aliphatic rings. The van der Waals surface area contributed by atoms with E-state index in [0.717, 1.165) is 6.54 Å². The van der Waals surface area contributed by atoms with Crippen molar-refractivity contribution in [3.8, 4) is 0 Å². The molecule has 2 atom stereocenters. The van der Waals surface area contributed by atoms with Gasteiger partial charge in [-0.15, -0.1) is 0 Å². The molecule has 126 valence electrons. The van der Waals surface area contributed by atoms with Crippen LogP contribution in [0.4, 0.5) is 0 Å². The normalized spacial score (nSPS) is 33.7. The fourth-order valence-electron chi connectivity index (χ4n) is 5.08. The fraction of sp³-hybridized carbons (Fsp3) is 0.700. The lowest BCUT2D eigenvalue weighted by molar-refractivity contribution is -0.196. The second-order valence-electron chi connectivity index (χ2n) is 7.69. The number of aliphatic hydroxyl groups excluding tert-OH is 1. The van der Waals surface area contributed by atoms with Crippen LogP contribution < -0.4 is 0 Å². The Kier molecular flexibility index (Phi) is 4.44. The third kappa shape index (κ3) is 2.84. The number of hydrogen-bond donors (Lipinski definition) is 1. The van der Waals surface area contributed by atoms with Gasteiger partial charge < -0.3 is 14.7 Å². The van der Waals surface area contributed by atoms with Gasteiger partial charge in [-0.25, -0.2) is 0 Å². The highest BCUT2D eigenvalue weighted by molar-refractivity contribution is 5.25. The van der Waals surface area contributed by atoms with Crippen molar-refractivity contribution in [3.63, 3.8) is 0 Å². The van der Waals surface area contributed by atoms with Gasteiger partial charge in [0.2, 0.25) is 0 Å². The van der Waals surface area contributed by atoms with E-state index in [1.54, 1.807) is 0 Å². The smallest absolute Gasteiger partial charge is 0.119 e. The number of fused-ring (bicyclic) bond motifs is 3. The van der Waals surface area contributed by atoms with Crippen LogP contribution in [0.15, 0.2) is 30.3 Å². The summed E-state index contributed by atoms with van der Waals surface area (Å²) in [7, 11) is 0. The van der Waals surface area contributed by atoms with Gasteiger partial charge in [0.1, 0.15) is 5.60 Å². The Morgan fingerprint density at radius 3 is 2.30 bits per heavy atom. The molecule has 2 bridgehead atoms. The molecular weight excluding hydrogens is 286 g/mol. The molecule has 4 fully saturated rings. The molecule has 1 saturated carbocycles. The summed E-state index contributed by atoms with van der Waals surface area (Å²) in [6, 6.07) is 10.5. The van der Waals surface area contributed by atoms with Gasteiger partial charge in [-0.05, 0) is 56.2 Å². The second kappa shape index (κ2) is 6.54. The zero-order chi connectivity index (χ0) is 15.7. The maximum absolute atomic E-state index is 10.5. The highest BCUT2D eigenvalue weighted by Gasteiger charge is 2.47. The summed E-state index contributed by atoms with van der Waals surface area (Å²) in [5, 5.41) is 10.5. The summed E-state index contributed by atoms with van der Waals surface area (Å²) in [6.45, 7) is 3.60. The third-order valence-corrected chi connectivity index (χ3v) is 6.47. The van der Waals surface area contributed by atoms with Crippen molar-refractivity contribution in [2.45, 2.75) is 50.2 Å². The van der Waals surface area contributed by atoms with Gasteiger partial charge in [-0.1, -0.05) is 43.2 Å². The lowest BCUT2D eigenvalue weighted by Gasteiger charge is -2.49. The first-order valence-electron chi connectivity index (χ1n) is 9.38. The predicted octanol–water partition coefficient (Wildman–Crippen LogP) is 3.18. The molecule has 3 heterocycles. The van der Waals surface area contributed by atoms with Gasteiger partial charge in [-0.3, -0.25) is 0 Å². The van der Waals surface area contributed by atoms with Crippen LogP contribution in [0.3, 0.4) is 0 Å². The van der Waals surface area contributed by atoms with Crippen molar-refractivity contribution >= 4 is 0 Å². The quantitative estimate of drug-likeness (QED) is 0.906. The van der Waals surface area contributed by atoms with Gasteiger partial charge in [-0.2, -0.15) is 0 Å². The first-order chi connectivity index (χ1) is 11.3. The van der Waals surface area contributed by atoms with Crippen LogP contribution in [-0.4, -0.2) is 42.4 Å². The van der Waals surface area contributed by atoms with E-state index in [0.29, 0.717) is 11.8 Å². The minimum Gasteiger partial charge on any atom is -0.393 e. The van der Waals surface area contributed by atoms with Crippen LogP contribution >= 0.6 is 0 Å². The third-order valence-electron chi connectivity index (χ3n) is 6.47. The van der Waals surface area contributed by atoms with E-state index in [-0.39, 0.29) is 12.7 Å². The molecule has 1 N–H and O–H groups in total. The number of piperidine rings is 3. The molecular formula is C20H29NO2. The molecule has 3 heteroatoms. The van der Waals surface area contributed by atoms with E-state index in [9.17, 15) is 5.11 Å². The lowest BCUT2D eigenvalue weighted by atomic mass is 9.78. The number of benzene rings is 1. The van der Waals surface area contributed by atoms with Crippen molar-refractivity contribution in [3.05, 3.63) is 35.9 Å². The summed E-state index contributed by atoms with van der Waals surface area (Å²) in [5.74, 6) is 1.13. The number of ether oxygens (including phenoxy) is 1. The van der Waals surface area contributed by atoms with Crippen LogP contribution in [0.5, 0.6) is 0 Å². The van der Waals surface area contributed by atoms with Gasteiger partial charge >= 0.3 is 0 Å². The largest absolute Gasteiger partial charge is 0.393 e. The topological polar surface area (TPSA) is 32.7 Å². The zero-order valence-corrected chi connectivity index (χ0v) is 14.0.